The van der Waals surface area contributed by atoms with E-state index in [0.717, 1.165) is 0 Å². The van der Waals surface area contributed by atoms with Crippen LogP contribution in [-0.2, 0) is 0 Å². The highest BCUT2D eigenvalue weighted by Crippen LogP contribution is 2.05. The van der Waals surface area contributed by atoms with Crippen LogP contribution in [0.15, 0.2) is 24.3 Å². The third kappa shape index (κ3) is 2.31. The van der Waals surface area contributed by atoms with Gasteiger partial charge < -0.3 is 0 Å². The van der Waals surface area contributed by atoms with Crippen LogP contribution in [0.4, 0.5) is 10.3 Å². The van der Waals surface area contributed by atoms with Gasteiger partial charge in [0.25, 0.3) is 5.91 Å². The van der Waals surface area contributed by atoms with Crippen LogP contribution in [0.5, 0.6) is 0 Å². The number of amides is 1. The first-order valence-electron chi connectivity index (χ1n) is 4.37. The van der Waals surface area contributed by atoms with Crippen LogP contribution in [0.25, 0.3) is 0 Å². The summed E-state index contributed by atoms with van der Waals surface area (Å²) in [6.07, 6.45) is 0. The fourth-order valence-electron chi connectivity index (χ4n) is 1.11. The van der Waals surface area contributed by atoms with E-state index in [-0.39, 0.29) is 10.7 Å². The molecule has 0 aliphatic heterocycles. The number of nitrogens with one attached hydrogen (secondary N) is 3. The van der Waals surface area contributed by atoms with Crippen LogP contribution in [0.3, 0.4) is 0 Å². The first-order valence-corrected chi connectivity index (χ1v) is 4.77. The molecule has 2 rings (SSSR count). The monoisotopic (exact) mass is 238 g/mol. The van der Waals surface area contributed by atoms with Gasteiger partial charge in [-0.3, -0.25) is 20.3 Å². The second kappa shape index (κ2) is 4.23. The van der Waals surface area contributed by atoms with E-state index in [0.29, 0.717) is 5.56 Å². The van der Waals surface area contributed by atoms with Crippen molar-refractivity contribution in [1.82, 2.24) is 15.2 Å². The Morgan fingerprint density at radius 3 is 2.56 bits per heavy atom. The molecule has 1 aromatic carbocycles. The number of hydrogen-bond acceptors (Lipinski definition) is 3. The maximum atomic E-state index is 12.6. The molecule has 1 amide bonds. The second-order valence-corrected chi connectivity index (χ2v) is 3.36. The largest absolute Gasteiger partial charge is 0.291 e. The summed E-state index contributed by atoms with van der Waals surface area (Å²) in [4.78, 5) is 15.4. The molecule has 5 nitrogen and oxygen atoms in total. The van der Waals surface area contributed by atoms with Gasteiger partial charge in [-0.2, -0.15) is 4.98 Å². The lowest BCUT2D eigenvalue weighted by Gasteiger charge is -2.00. The fraction of sp³-hybridized carbons (Fsp3) is 0. The van der Waals surface area contributed by atoms with Crippen molar-refractivity contribution in [2.45, 2.75) is 0 Å². The zero-order valence-corrected chi connectivity index (χ0v) is 8.77. The standard InChI is InChI=1S/C9H7FN4OS/c10-6-3-1-5(2-4-6)7(15)11-8-12-9(16)14-13-8/h1-4H,(H3,11,12,13,14,15,16). The summed E-state index contributed by atoms with van der Waals surface area (Å²) >= 11 is 4.72. The van der Waals surface area contributed by atoms with Crippen LogP contribution in [0.2, 0.25) is 0 Å². The summed E-state index contributed by atoms with van der Waals surface area (Å²) < 4.78 is 12.9. The summed E-state index contributed by atoms with van der Waals surface area (Å²) in [7, 11) is 0. The highest BCUT2D eigenvalue weighted by atomic mass is 32.1. The maximum absolute atomic E-state index is 12.6. The third-order valence-electron chi connectivity index (χ3n) is 1.84. The Kier molecular flexibility index (Phi) is 2.78. The van der Waals surface area contributed by atoms with Crippen molar-refractivity contribution in [1.29, 1.82) is 0 Å². The molecule has 0 bridgehead atoms. The number of H-pyrrole nitrogens is 2. The van der Waals surface area contributed by atoms with E-state index >= 15 is 0 Å². The number of halogens is 1. The molecule has 7 heteroatoms. The predicted octanol–water partition coefficient (Wildman–Crippen LogP) is 1.86. The lowest BCUT2D eigenvalue weighted by Crippen LogP contribution is -2.12. The van der Waals surface area contributed by atoms with Crippen LogP contribution >= 0.6 is 12.2 Å². The number of aromatic amines is 2. The van der Waals surface area contributed by atoms with Crippen molar-refractivity contribution in [3.8, 4) is 0 Å². The lowest BCUT2D eigenvalue weighted by molar-refractivity contribution is 0.102. The molecule has 0 saturated carbocycles. The molecule has 0 fully saturated rings. The maximum Gasteiger partial charge on any atom is 0.258 e. The van der Waals surface area contributed by atoms with E-state index in [1.54, 1.807) is 0 Å². The van der Waals surface area contributed by atoms with E-state index in [1.807, 2.05) is 0 Å². The number of nitrogens with zero attached hydrogens (tertiary/aromatic N) is 1. The zero-order valence-electron chi connectivity index (χ0n) is 7.95. The average Bonchev–Trinajstić information content (AvgIpc) is 2.65. The molecule has 0 saturated heterocycles. The van der Waals surface area contributed by atoms with Gasteiger partial charge in [0.1, 0.15) is 5.82 Å². The minimum atomic E-state index is -0.393. The van der Waals surface area contributed by atoms with Gasteiger partial charge in [-0.15, -0.1) is 0 Å². The van der Waals surface area contributed by atoms with Crippen molar-refractivity contribution in [3.05, 3.63) is 40.4 Å². The Balaban J connectivity index is 2.14. The van der Waals surface area contributed by atoms with Gasteiger partial charge in [0.15, 0.2) is 0 Å². The number of anilines is 1. The Morgan fingerprint density at radius 2 is 2.00 bits per heavy atom. The normalized spacial score (nSPS) is 10.1. The molecule has 0 spiro atoms. The molecule has 2 aromatic rings. The van der Waals surface area contributed by atoms with Gasteiger partial charge in [-0.1, -0.05) is 0 Å². The molecule has 1 aromatic heterocycles. The molecule has 0 atom stereocenters. The molecule has 3 N–H and O–H groups in total. The van der Waals surface area contributed by atoms with Crippen molar-refractivity contribution in [2.24, 2.45) is 0 Å². The third-order valence-corrected chi connectivity index (χ3v) is 2.03. The summed E-state index contributed by atoms with van der Waals surface area (Å²) in [5, 5.41) is 7.58. The minimum Gasteiger partial charge on any atom is -0.291 e. The topological polar surface area (TPSA) is 73.6 Å². The molecular formula is C9H7FN4OS. The van der Waals surface area contributed by atoms with Crippen molar-refractivity contribution < 1.29 is 9.18 Å². The summed E-state index contributed by atoms with van der Waals surface area (Å²) in [5.74, 6) is -0.562. The van der Waals surface area contributed by atoms with Gasteiger partial charge >= 0.3 is 0 Å². The number of rotatable bonds is 2. The molecular weight excluding hydrogens is 231 g/mol. The van der Waals surface area contributed by atoms with Crippen LogP contribution in [0.1, 0.15) is 10.4 Å². The minimum absolute atomic E-state index is 0.222. The van der Waals surface area contributed by atoms with Gasteiger partial charge in [0.05, 0.1) is 0 Å². The van der Waals surface area contributed by atoms with Gasteiger partial charge in [-0.25, -0.2) is 4.39 Å². The van der Waals surface area contributed by atoms with E-state index in [9.17, 15) is 9.18 Å². The quantitative estimate of drug-likeness (QED) is 0.699. The highest BCUT2D eigenvalue weighted by molar-refractivity contribution is 7.71. The van der Waals surface area contributed by atoms with E-state index in [4.69, 9.17) is 12.2 Å². The van der Waals surface area contributed by atoms with Crippen LogP contribution < -0.4 is 5.32 Å². The Labute approximate surface area is 94.7 Å². The predicted molar refractivity (Wildman–Crippen MR) is 58.1 cm³/mol. The molecule has 82 valence electrons. The number of aromatic nitrogens is 3. The number of benzene rings is 1. The molecule has 0 aliphatic carbocycles. The molecule has 0 radical (unpaired) electrons. The van der Waals surface area contributed by atoms with E-state index in [1.165, 1.54) is 24.3 Å². The lowest BCUT2D eigenvalue weighted by atomic mass is 10.2. The fourth-order valence-corrected chi connectivity index (χ4v) is 1.25. The summed E-state index contributed by atoms with van der Waals surface area (Å²) in [6.45, 7) is 0. The van der Waals surface area contributed by atoms with E-state index in [2.05, 4.69) is 20.5 Å². The molecule has 0 unspecified atom stereocenters. The Morgan fingerprint density at radius 1 is 1.31 bits per heavy atom. The number of carbonyl (C=O) groups excluding carboxylic acids is 1. The highest BCUT2D eigenvalue weighted by Gasteiger charge is 2.07. The first kappa shape index (κ1) is 10.5. The van der Waals surface area contributed by atoms with Crippen molar-refractivity contribution in [2.75, 3.05) is 5.32 Å². The SMILES string of the molecule is O=C(Nc1nc(=S)[nH][nH]1)c1ccc(F)cc1. The van der Waals surface area contributed by atoms with Crippen LogP contribution in [0, 0.1) is 10.6 Å². The molecule has 1 heterocycles. The first-order chi connectivity index (χ1) is 7.65. The second-order valence-electron chi connectivity index (χ2n) is 2.98. The van der Waals surface area contributed by atoms with Gasteiger partial charge in [0.2, 0.25) is 10.7 Å². The van der Waals surface area contributed by atoms with Crippen LogP contribution in [-0.4, -0.2) is 21.1 Å². The number of carbonyl (C=O) groups is 1. The van der Waals surface area contributed by atoms with Crippen molar-refractivity contribution >= 4 is 24.1 Å². The molecule has 0 aliphatic rings. The Bertz CT molecular complexity index is 559. The Hall–Kier alpha value is -2.02. The van der Waals surface area contributed by atoms with Crippen molar-refractivity contribution in [3.63, 3.8) is 0 Å². The zero-order chi connectivity index (χ0) is 11.5. The van der Waals surface area contributed by atoms with Gasteiger partial charge in [0, 0.05) is 5.56 Å². The number of hydrogen-bond donors (Lipinski definition) is 3. The van der Waals surface area contributed by atoms with E-state index < -0.39 is 11.7 Å². The summed E-state index contributed by atoms with van der Waals surface area (Å²) in [6, 6.07) is 5.18. The summed E-state index contributed by atoms with van der Waals surface area (Å²) in [5.41, 5.74) is 0.337. The smallest absolute Gasteiger partial charge is 0.258 e. The average molecular weight is 238 g/mol. The van der Waals surface area contributed by atoms with Gasteiger partial charge in [-0.05, 0) is 36.5 Å². The molecule has 16 heavy (non-hydrogen) atoms.